The van der Waals surface area contributed by atoms with Gasteiger partial charge in [-0.05, 0) is 50.4 Å². The molecule has 0 aliphatic carbocycles. The Balaban J connectivity index is 2.82. The second kappa shape index (κ2) is 7.60. The molecular weight excluding hydrogens is 526 g/mol. The van der Waals surface area contributed by atoms with Crippen LogP contribution in [-0.2, 0) is 6.18 Å². The van der Waals surface area contributed by atoms with Crippen molar-refractivity contribution in [1.82, 2.24) is 0 Å². The van der Waals surface area contributed by atoms with Crippen molar-refractivity contribution in [2.45, 2.75) is 13.1 Å². The van der Waals surface area contributed by atoms with Crippen LogP contribution in [0.2, 0.25) is 5.02 Å². The molecule has 0 unspecified atom stereocenters. The van der Waals surface area contributed by atoms with Gasteiger partial charge in [0.2, 0.25) is 0 Å². The van der Waals surface area contributed by atoms with Gasteiger partial charge in [0.15, 0.2) is 0 Å². The molecule has 0 saturated carbocycles. The molecule has 0 radical (unpaired) electrons. The Labute approximate surface area is 171 Å². The van der Waals surface area contributed by atoms with Crippen molar-refractivity contribution in [1.29, 1.82) is 0 Å². The summed E-state index contributed by atoms with van der Waals surface area (Å²) in [4.78, 5) is 19.9. The summed E-state index contributed by atoms with van der Waals surface area (Å²) in [5.74, 6) is 0. The summed E-state index contributed by atoms with van der Waals surface area (Å²) in [5.41, 5.74) is -4.27. The van der Waals surface area contributed by atoms with Crippen molar-refractivity contribution in [3.63, 3.8) is 0 Å². The van der Waals surface area contributed by atoms with Crippen molar-refractivity contribution in [3.8, 4) is 0 Å². The van der Waals surface area contributed by atoms with Crippen molar-refractivity contribution >= 4 is 66.2 Å². The fourth-order valence-electron chi connectivity index (χ4n) is 2.21. The lowest BCUT2D eigenvalue weighted by molar-refractivity contribution is -0.394. The van der Waals surface area contributed by atoms with Gasteiger partial charge in [-0.2, -0.15) is 13.2 Å². The van der Waals surface area contributed by atoms with Crippen LogP contribution in [0, 0.1) is 27.2 Å². The summed E-state index contributed by atoms with van der Waals surface area (Å²) in [6.07, 6.45) is -5.08. The molecule has 2 aromatic rings. The fraction of sp³-hybridized carbons (Fsp3) is 0.143. The zero-order valence-corrected chi connectivity index (χ0v) is 17.0. The number of hydrogen-bond donors (Lipinski definition) is 1. The second-order valence-electron chi connectivity index (χ2n) is 5.18. The number of alkyl halides is 3. The molecule has 0 amide bonds. The normalized spacial score (nSPS) is 11.4. The average molecular weight is 533 g/mol. The average Bonchev–Trinajstić information content (AvgIpc) is 2.55. The van der Waals surface area contributed by atoms with Crippen molar-refractivity contribution in [3.05, 3.63) is 63.5 Å². The summed E-state index contributed by atoms with van der Waals surface area (Å²) in [5, 5.41) is 24.7. The van der Waals surface area contributed by atoms with E-state index in [0.29, 0.717) is 16.1 Å². The Morgan fingerprint density at radius 1 is 1.04 bits per heavy atom. The molecule has 27 heavy (non-hydrogen) atoms. The molecule has 0 spiro atoms. The molecule has 13 heteroatoms. The minimum absolute atomic E-state index is 0.0469. The highest BCUT2D eigenvalue weighted by molar-refractivity contribution is 9.11. The van der Waals surface area contributed by atoms with Gasteiger partial charge in [0.05, 0.1) is 32.2 Å². The fourth-order valence-corrected chi connectivity index (χ4v) is 3.82. The van der Waals surface area contributed by atoms with E-state index in [1.807, 2.05) is 0 Å². The molecule has 0 aromatic heterocycles. The summed E-state index contributed by atoms with van der Waals surface area (Å²) in [6, 6.07) is 2.14. The molecule has 0 aliphatic heterocycles. The maximum absolute atomic E-state index is 13.5. The highest BCUT2D eigenvalue weighted by Gasteiger charge is 2.40. The predicted octanol–water partition coefficient (Wildman–Crippen LogP) is 6.75. The monoisotopic (exact) mass is 531 g/mol. The minimum atomic E-state index is -5.08. The molecule has 0 bridgehead atoms. The molecule has 0 fully saturated rings. The van der Waals surface area contributed by atoms with Crippen LogP contribution in [-0.4, -0.2) is 9.85 Å². The zero-order chi connectivity index (χ0) is 20.7. The number of hydrogen-bond acceptors (Lipinski definition) is 5. The molecule has 7 nitrogen and oxygen atoms in total. The highest BCUT2D eigenvalue weighted by Crippen LogP contribution is 2.46. The third-order valence-electron chi connectivity index (χ3n) is 3.47. The number of nitro groups is 2. The molecule has 2 rings (SSSR count). The van der Waals surface area contributed by atoms with Crippen LogP contribution >= 0.6 is 43.5 Å². The molecule has 0 heterocycles. The Bertz CT molecular complexity index is 970. The first kappa shape index (κ1) is 21.4. The van der Waals surface area contributed by atoms with Crippen LogP contribution in [0.3, 0.4) is 0 Å². The Morgan fingerprint density at radius 3 is 2.11 bits per heavy atom. The standard InChI is InChI=1S/C14H7Br2ClF3N3O4/c1-5-11(17)8(15)4-9(16)12(5)21-13-7(14(18,19)20)2-6(22(24)25)3-10(13)23(26)27/h2-4,21H,1H3. The van der Waals surface area contributed by atoms with Crippen molar-refractivity contribution < 1.29 is 23.0 Å². The lowest BCUT2D eigenvalue weighted by Gasteiger charge is -2.18. The van der Waals surface area contributed by atoms with Gasteiger partial charge in [-0.1, -0.05) is 11.6 Å². The van der Waals surface area contributed by atoms with E-state index >= 15 is 0 Å². The predicted molar refractivity (Wildman–Crippen MR) is 99.6 cm³/mol. The van der Waals surface area contributed by atoms with Gasteiger partial charge in [0.1, 0.15) is 5.69 Å². The van der Waals surface area contributed by atoms with Crippen LogP contribution in [0.1, 0.15) is 11.1 Å². The molecular formula is C14H7Br2ClF3N3O4. The summed E-state index contributed by atoms with van der Waals surface area (Å²) >= 11 is 12.4. The Morgan fingerprint density at radius 2 is 1.63 bits per heavy atom. The summed E-state index contributed by atoms with van der Waals surface area (Å²) in [7, 11) is 0. The maximum Gasteiger partial charge on any atom is 0.418 e. The SMILES string of the molecule is Cc1c(Cl)c(Br)cc(Br)c1Nc1c([N+](=O)[O-])cc([N+](=O)[O-])cc1C(F)(F)F. The molecule has 1 N–H and O–H groups in total. The van der Waals surface area contributed by atoms with E-state index < -0.39 is 38.6 Å². The molecule has 0 saturated heterocycles. The first-order valence-electron chi connectivity index (χ1n) is 6.79. The van der Waals surface area contributed by atoms with Crippen molar-refractivity contribution in [2.24, 2.45) is 0 Å². The molecule has 0 atom stereocenters. The number of nitrogens with zero attached hydrogens (tertiary/aromatic N) is 2. The van der Waals surface area contributed by atoms with Gasteiger partial charge in [0, 0.05) is 15.0 Å². The minimum Gasteiger partial charge on any atom is -0.348 e. The van der Waals surface area contributed by atoms with Gasteiger partial charge in [-0.25, -0.2) is 0 Å². The van der Waals surface area contributed by atoms with Gasteiger partial charge in [-0.3, -0.25) is 20.2 Å². The quantitative estimate of drug-likeness (QED) is 0.266. The number of rotatable bonds is 4. The molecule has 0 aliphatic rings. The van der Waals surface area contributed by atoms with Gasteiger partial charge in [0.25, 0.3) is 11.4 Å². The van der Waals surface area contributed by atoms with E-state index in [4.69, 9.17) is 11.6 Å². The number of benzene rings is 2. The number of non-ortho nitro benzene ring substituents is 1. The van der Waals surface area contributed by atoms with Crippen LogP contribution < -0.4 is 5.32 Å². The zero-order valence-electron chi connectivity index (χ0n) is 13.0. The number of nitrogens with one attached hydrogen (secondary N) is 1. The van der Waals surface area contributed by atoms with E-state index in [-0.39, 0.29) is 21.2 Å². The first-order chi connectivity index (χ1) is 12.3. The van der Waals surface area contributed by atoms with E-state index in [0.717, 1.165) is 0 Å². The number of halogens is 6. The van der Waals surface area contributed by atoms with Gasteiger partial charge in [-0.15, -0.1) is 0 Å². The number of anilines is 2. The van der Waals surface area contributed by atoms with E-state index in [1.54, 1.807) is 0 Å². The van der Waals surface area contributed by atoms with Gasteiger partial charge >= 0.3 is 6.18 Å². The highest BCUT2D eigenvalue weighted by atomic mass is 79.9. The third kappa shape index (κ3) is 4.33. The van der Waals surface area contributed by atoms with E-state index in [2.05, 4.69) is 37.2 Å². The largest absolute Gasteiger partial charge is 0.418 e. The third-order valence-corrected chi connectivity index (χ3v) is 5.44. The molecule has 2 aromatic carbocycles. The van der Waals surface area contributed by atoms with E-state index in [9.17, 15) is 33.4 Å². The first-order valence-corrected chi connectivity index (χ1v) is 8.76. The van der Waals surface area contributed by atoms with Crippen LogP contribution in [0.25, 0.3) is 0 Å². The van der Waals surface area contributed by atoms with Crippen LogP contribution in [0.4, 0.5) is 35.9 Å². The lowest BCUT2D eigenvalue weighted by Crippen LogP contribution is -2.12. The van der Waals surface area contributed by atoms with Crippen molar-refractivity contribution in [2.75, 3.05) is 5.32 Å². The van der Waals surface area contributed by atoms with Gasteiger partial charge < -0.3 is 5.32 Å². The molecule has 144 valence electrons. The Hall–Kier alpha value is -1.92. The summed E-state index contributed by atoms with van der Waals surface area (Å²) in [6.45, 7) is 1.49. The topological polar surface area (TPSA) is 98.3 Å². The van der Waals surface area contributed by atoms with E-state index in [1.165, 1.54) is 13.0 Å². The maximum atomic E-state index is 13.5. The summed E-state index contributed by atoms with van der Waals surface area (Å²) < 4.78 is 41.1. The van der Waals surface area contributed by atoms with Crippen LogP contribution in [0.5, 0.6) is 0 Å². The Kier molecular flexibility index (Phi) is 6.02. The smallest absolute Gasteiger partial charge is 0.348 e. The number of nitro benzene ring substituents is 2. The van der Waals surface area contributed by atoms with Crippen LogP contribution in [0.15, 0.2) is 27.1 Å². The second-order valence-corrected chi connectivity index (χ2v) is 7.27. The lowest BCUT2D eigenvalue weighted by atomic mass is 10.1.